The second-order valence-corrected chi connectivity index (χ2v) is 23.6. The molecule has 12 heterocycles. The second-order valence-electron chi connectivity index (χ2n) is 23.6. The van der Waals surface area contributed by atoms with E-state index in [-0.39, 0.29) is 40.2 Å². The van der Waals surface area contributed by atoms with E-state index in [1.54, 1.807) is 49.6 Å². The molecular weight excluding hydrogens is 1550 g/mol. The van der Waals surface area contributed by atoms with Crippen LogP contribution >= 0.6 is 0 Å². The first-order chi connectivity index (χ1) is 45.8. The summed E-state index contributed by atoms with van der Waals surface area (Å²) in [5.74, 6) is 4.42. The fraction of sp³-hybridized carbons (Fsp3) is 0.270. The van der Waals surface area contributed by atoms with Crippen molar-refractivity contribution in [3.63, 3.8) is 0 Å². The minimum atomic E-state index is 0. The summed E-state index contributed by atoms with van der Waals surface area (Å²) in [4.78, 5) is 59.6. The monoisotopic (exact) mass is 1630 g/mol. The quantitative estimate of drug-likeness (QED) is 0.0593. The van der Waals surface area contributed by atoms with Crippen LogP contribution in [-0.4, -0.2) is 99.7 Å². The number of allylic oxidation sites excluding steroid dienone is 4. The van der Waals surface area contributed by atoms with Crippen LogP contribution in [0.4, 0.5) is 57.4 Å². The van der Waals surface area contributed by atoms with Gasteiger partial charge in [-0.25, -0.2) is 19.9 Å². The molecule has 0 N–H and O–H groups in total. The smallest absolute Gasteiger partial charge is 0.143 e. The van der Waals surface area contributed by atoms with E-state index in [0.717, 1.165) is 109 Å². The van der Waals surface area contributed by atoms with E-state index < -0.39 is 0 Å². The summed E-state index contributed by atoms with van der Waals surface area (Å²) in [6.07, 6.45) is 33.8. The van der Waals surface area contributed by atoms with Crippen LogP contribution in [0.3, 0.4) is 0 Å². The first kappa shape index (κ1) is 71.4. The van der Waals surface area contributed by atoms with Gasteiger partial charge in [0.15, 0.2) is 0 Å². The standard InChI is InChI=1S/C24H28N6.C20H20N6.2C15H16N4.2Ir/c1-19-21(3)29(23-9-7-11-25-15-23)17-27(19)13-5-6-14-28-18-30(22(4)20(28)2)24-10-8-12-26-16-24;1(9-23-11-13-25(17-23)19-5-3-7-21-15-19)2-10-24-12-14-26(18-24)20-6-4-8-22-16-20;2*1-11(2)12-5-4-6-13(9-12)19-10-18(3)14-15(19)17-8-7-16-14;;/h7-8,11-12,15-18H,5-6,13-14H2,1-4H3;3-4,7-8,11-18H,1-2,9-10H2;2*4-5,7-11H,1-3H3;;/q2*-4;2*-2;;. The van der Waals surface area contributed by atoms with Crippen LogP contribution in [-0.2, 0) is 40.2 Å². The van der Waals surface area contributed by atoms with Crippen molar-refractivity contribution in [1.29, 1.82) is 0 Å². The van der Waals surface area contributed by atoms with Crippen molar-refractivity contribution in [2.45, 2.75) is 92.9 Å². The minimum Gasteiger partial charge on any atom is -0.508 e. The molecule has 0 saturated heterocycles. The zero-order valence-corrected chi connectivity index (χ0v) is 60.7. The molecule has 96 heavy (non-hydrogen) atoms. The number of pyridine rings is 4. The predicted molar refractivity (Wildman–Crippen MR) is 372 cm³/mol. The van der Waals surface area contributed by atoms with Gasteiger partial charge in [0.2, 0.25) is 0 Å². The van der Waals surface area contributed by atoms with Crippen molar-refractivity contribution < 1.29 is 40.2 Å². The number of unbranched alkanes of at least 4 members (excludes halogenated alkanes) is 2. The van der Waals surface area contributed by atoms with Crippen LogP contribution < -0.4 is 39.2 Å². The molecule has 0 aliphatic carbocycles. The minimum absolute atomic E-state index is 0. The predicted octanol–water partition coefficient (Wildman–Crippen LogP) is 13.7. The van der Waals surface area contributed by atoms with E-state index in [0.29, 0.717) is 11.8 Å². The number of fused-ring (bicyclic) bond motifs is 2. The van der Waals surface area contributed by atoms with Gasteiger partial charge in [-0.1, -0.05) is 100 Å². The van der Waals surface area contributed by atoms with Gasteiger partial charge in [-0.3, -0.25) is 0 Å². The Labute approximate surface area is 595 Å². The molecule has 2 aromatic carbocycles. The summed E-state index contributed by atoms with van der Waals surface area (Å²) in [7, 11) is 3.94. The molecule has 22 heteroatoms. The van der Waals surface area contributed by atoms with Gasteiger partial charge in [0.05, 0.1) is 0 Å². The molecule has 506 valence electrons. The maximum absolute atomic E-state index is 4.41. The summed E-state index contributed by atoms with van der Waals surface area (Å²) in [6, 6.07) is 39.2. The third-order valence-electron chi connectivity index (χ3n) is 16.6. The van der Waals surface area contributed by atoms with E-state index >= 15 is 0 Å². The van der Waals surface area contributed by atoms with E-state index in [9.17, 15) is 0 Å². The van der Waals surface area contributed by atoms with Crippen LogP contribution in [0, 0.1) is 76.4 Å². The molecule has 20 nitrogen and oxygen atoms in total. The van der Waals surface area contributed by atoms with Crippen LogP contribution in [0.2, 0.25) is 0 Å². The van der Waals surface area contributed by atoms with Crippen molar-refractivity contribution in [3.8, 4) is 0 Å². The largest absolute Gasteiger partial charge is 0.508 e. The van der Waals surface area contributed by atoms with Gasteiger partial charge in [0, 0.05) is 76.4 Å². The summed E-state index contributed by atoms with van der Waals surface area (Å²) in [5, 5.41) is 0. The third-order valence-corrected chi connectivity index (χ3v) is 16.6. The molecule has 0 saturated carbocycles. The van der Waals surface area contributed by atoms with Crippen LogP contribution in [0.15, 0.2) is 183 Å². The van der Waals surface area contributed by atoms with Crippen molar-refractivity contribution in [2.75, 3.05) is 79.5 Å². The van der Waals surface area contributed by atoms with E-state index in [4.69, 9.17) is 0 Å². The van der Waals surface area contributed by atoms with Crippen LogP contribution in [0.1, 0.15) is 104 Å². The topological polar surface area (TPSA) is 142 Å². The summed E-state index contributed by atoms with van der Waals surface area (Å²) in [6.45, 7) is 33.8. The Morgan fingerprint density at radius 1 is 0.365 bits per heavy atom. The fourth-order valence-electron chi connectivity index (χ4n) is 11.0. The molecule has 0 amide bonds. The zero-order chi connectivity index (χ0) is 65.5. The Kier molecular flexibility index (Phi) is 25.4. The fourth-order valence-corrected chi connectivity index (χ4v) is 11.0. The van der Waals surface area contributed by atoms with Gasteiger partial charge in [-0.15, -0.1) is 36.8 Å². The van der Waals surface area contributed by atoms with Gasteiger partial charge in [0.25, 0.3) is 0 Å². The number of nitrogens with zero attached hydrogens (tertiary/aromatic N) is 20. The molecule has 2 radical (unpaired) electrons. The number of aromatic nitrogens is 8. The SMILES string of the molecule is CC(C)c1cc[c-]c(N2[CH-]N(C)c3nccnc32)c1.CC(C)c1cc[c-]c(N2[CH-]N(C)c3nccnc32)c1.CC1=C(C)N(c2[c-]ccnc2)[CH-]N1CCCCN1[CH-]N(c2[c-]ccnc2)C(C)=C1C.[Ir].[Ir].[c-]1ccncc1N1C=CN(CCCCN2C=CN(c3[c-]ccnc3)[CH-]2)[CH-]1. The normalized spacial score (nSPS) is 15.3. The molecule has 6 aliphatic rings. The molecular formula is C74H80Ir2N20-12. The number of hydrogen-bond acceptors (Lipinski definition) is 20. The van der Waals surface area contributed by atoms with Gasteiger partial charge >= 0.3 is 0 Å². The molecule has 6 aromatic heterocycles. The van der Waals surface area contributed by atoms with Crippen molar-refractivity contribution >= 4 is 57.4 Å². The van der Waals surface area contributed by atoms with Gasteiger partial charge < -0.3 is 78.7 Å². The second kappa shape index (κ2) is 34.1. The average Bonchev–Trinajstić information content (AvgIpc) is 1.65. The van der Waals surface area contributed by atoms with E-state index in [2.05, 4.69) is 224 Å². The average molecular weight is 1630 g/mol. The molecule has 0 spiro atoms. The Morgan fingerprint density at radius 3 is 1.06 bits per heavy atom. The molecule has 0 fully saturated rings. The maximum Gasteiger partial charge on any atom is 0.143 e. The Bertz CT molecular complexity index is 3610. The van der Waals surface area contributed by atoms with Gasteiger partial charge in [-0.05, 0) is 142 Å². The van der Waals surface area contributed by atoms with Crippen LogP contribution in [0.5, 0.6) is 0 Å². The Hall–Kier alpha value is -8.94. The summed E-state index contributed by atoms with van der Waals surface area (Å²) < 4.78 is 0. The maximum atomic E-state index is 4.41. The molecule has 0 bridgehead atoms. The summed E-state index contributed by atoms with van der Waals surface area (Å²) >= 11 is 0. The van der Waals surface area contributed by atoms with Gasteiger partial charge in [0.1, 0.15) is 23.3 Å². The van der Waals surface area contributed by atoms with Crippen molar-refractivity contribution in [1.82, 2.24) is 59.5 Å². The molecule has 0 atom stereocenters. The van der Waals surface area contributed by atoms with Crippen LogP contribution in [0.25, 0.3) is 0 Å². The van der Waals surface area contributed by atoms with Crippen molar-refractivity contribution in [2.24, 2.45) is 0 Å². The molecule has 8 aromatic rings. The van der Waals surface area contributed by atoms with E-state index in [1.165, 1.54) is 33.9 Å². The Morgan fingerprint density at radius 2 is 0.708 bits per heavy atom. The summed E-state index contributed by atoms with van der Waals surface area (Å²) in [5.41, 5.74) is 13.5. The first-order valence-corrected chi connectivity index (χ1v) is 31.8. The number of rotatable bonds is 18. The first-order valence-electron chi connectivity index (χ1n) is 31.8. The molecule has 14 rings (SSSR count). The third kappa shape index (κ3) is 17.5. The molecule has 0 unspecified atom stereocenters. The number of hydrogen-bond donors (Lipinski definition) is 0. The number of anilines is 10. The zero-order valence-electron chi connectivity index (χ0n) is 55.9. The van der Waals surface area contributed by atoms with Crippen molar-refractivity contribution in [3.05, 3.63) is 270 Å². The van der Waals surface area contributed by atoms with Gasteiger partial charge in [-0.2, -0.15) is 123 Å². The van der Waals surface area contributed by atoms with E-state index in [1.807, 2.05) is 130 Å². The Balaban J connectivity index is 0.000000152. The number of benzene rings is 2. The molecule has 6 aliphatic heterocycles.